The monoisotopic (exact) mass is 644 g/mol. The van der Waals surface area contributed by atoms with Gasteiger partial charge in [-0.05, 0) is 64.6 Å². The molecule has 0 aliphatic carbocycles. The van der Waals surface area contributed by atoms with Crippen molar-refractivity contribution < 1.29 is 9.47 Å². The van der Waals surface area contributed by atoms with Gasteiger partial charge < -0.3 is 20.9 Å². The molecule has 0 spiro atoms. The fraction of sp³-hybridized carbons (Fsp3) is 0.219. The van der Waals surface area contributed by atoms with Crippen LogP contribution in [0.15, 0.2) is 77.7 Å². The second-order valence-corrected chi connectivity index (χ2v) is 10.9. The molecule has 5 rings (SSSR count). The first kappa shape index (κ1) is 29.5. The van der Waals surface area contributed by atoms with E-state index in [0.29, 0.717) is 28.6 Å². The van der Waals surface area contributed by atoms with Crippen molar-refractivity contribution in [1.29, 1.82) is 5.26 Å². The van der Waals surface area contributed by atoms with E-state index < -0.39 is 0 Å². The minimum absolute atomic E-state index is 0.222. The number of nitriles is 1. The standard InChI is InChI=1S/C32H30BrClN6O2/c33-32-23(5-3-7-26(32)25-6-4-8-29-27(25)18-39-40(29)10-2-1-9-35)20-42-31-13-30(24(15-37)12-28(31)34)41-19-22-11-21(14-36)16-38-17-22/h3-8,11-13,16-18H,1-2,9-10,15,19-20,35,37H2. The van der Waals surface area contributed by atoms with Gasteiger partial charge in [0.15, 0.2) is 0 Å². The number of pyridine rings is 1. The minimum atomic E-state index is 0.222. The Morgan fingerprint density at radius 3 is 2.52 bits per heavy atom. The molecule has 0 radical (unpaired) electrons. The van der Waals surface area contributed by atoms with Crippen LogP contribution in [-0.2, 0) is 26.3 Å². The maximum atomic E-state index is 9.15. The summed E-state index contributed by atoms with van der Waals surface area (Å²) in [6.45, 7) is 2.25. The van der Waals surface area contributed by atoms with Crippen LogP contribution < -0.4 is 20.9 Å². The van der Waals surface area contributed by atoms with Crippen molar-refractivity contribution in [3.8, 4) is 28.7 Å². The van der Waals surface area contributed by atoms with Crippen LogP contribution in [0.2, 0.25) is 5.02 Å². The van der Waals surface area contributed by atoms with Gasteiger partial charge in [0.1, 0.15) is 30.8 Å². The quantitative estimate of drug-likeness (QED) is 0.144. The van der Waals surface area contributed by atoms with Crippen LogP contribution in [0, 0.1) is 11.3 Å². The molecule has 0 saturated carbocycles. The van der Waals surface area contributed by atoms with Crippen LogP contribution in [0.1, 0.15) is 35.1 Å². The molecule has 0 fully saturated rings. The van der Waals surface area contributed by atoms with Crippen molar-refractivity contribution in [3.05, 3.63) is 105 Å². The summed E-state index contributed by atoms with van der Waals surface area (Å²) in [5.41, 5.74) is 17.8. The fourth-order valence-corrected chi connectivity index (χ4v) is 5.58. The van der Waals surface area contributed by atoms with Crippen LogP contribution in [0.25, 0.3) is 22.0 Å². The first-order valence-corrected chi connectivity index (χ1v) is 14.7. The van der Waals surface area contributed by atoms with Crippen molar-refractivity contribution in [3.63, 3.8) is 0 Å². The number of ether oxygens (including phenoxy) is 2. The first-order valence-electron chi connectivity index (χ1n) is 13.6. The Bertz CT molecular complexity index is 1750. The highest BCUT2D eigenvalue weighted by atomic mass is 79.9. The number of halogens is 2. The molecule has 8 nitrogen and oxygen atoms in total. The number of aryl methyl sites for hydroxylation is 1. The van der Waals surface area contributed by atoms with Crippen molar-refractivity contribution in [2.45, 2.75) is 39.1 Å². The van der Waals surface area contributed by atoms with E-state index in [9.17, 15) is 0 Å². The van der Waals surface area contributed by atoms with Crippen LogP contribution in [0.3, 0.4) is 0 Å². The lowest BCUT2D eigenvalue weighted by molar-refractivity contribution is 0.287. The Balaban J connectivity index is 1.36. The second kappa shape index (κ2) is 13.8. The zero-order chi connectivity index (χ0) is 29.5. The number of nitrogens with two attached hydrogens (primary N) is 2. The number of fused-ring (bicyclic) bond motifs is 1. The van der Waals surface area contributed by atoms with Crippen molar-refractivity contribution >= 4 is 38.4 Å². The predicted molar refractivity (Wildman–Crippen MR) is 168 cm³/mol. The molecule has 3 aromatic carbocycles. The summed E-state index contributed by atoms with van der Waals surface area (Å²) in [7, 11) is 0. The topological polar surface area (TPSA) is 125 Å². The van der Waals surface area contributed by atoms with Crippen LogP contribution >= 0.6 is 27.5 Å². The van der Waals surface area contributed by atoms with Gasteiger partial charge in [0.05, 0.1) is 22.3 Å². The highest BCUT2D eigenvalue weighted by Crippen LogP contribution is 2.38. The Morgan fingerprint density at radius 1 is 0.905 bits per heavy atom. The van der Waals surface area contributed by atoms with E-state index in [-0.39, 0.29) is 19.8 Å². The van der Waals surface area contributed by atoms with Gasteiger partial charge in [0, 0.05) is 58.1 Å². The van der Waals surface area contributed by atoms with E-state index in [1.807, 2.05) is 23.0 Å². The lowest BCUT2D eigenvalue weighted by Gasteiger charge is -2.16. The Labute approximate surface area is 258 Å². The molecular weight excluding hydrogens is 616 g/mol. The molecule has 4 N–H and O–H groups in total. The first-order chi connectivity index (χ1) is 20.5. The van der Waals surface area contributed by atoms with Crippen molar-refractivity contribution in [2.24, 2.45) is 11.5 Å². The molecular formula is C32H30BrClN6O2. The third-order valence-electron chi connectivity index (χ3n) is 6.92. The van der Waals surface area contributed by atoms with E-state index in [2.05, 4.69) is 56.3 Å². The van der Waals surface area contributed by atoms with Gasteiger partial charge in [0.2, 0.25) is 0 Å². The number of nitrogens with zero attached hydrogens (tertiary/aromatic N) is 4. The van der Waals surface area contributed by atoms with E-state index in [1.54, 1.807) is 24.4 Å². The van der Waals surface area contributed by atoms with E-state index in [4.69, 9.17) is 37.8 Å². The molecule has 0 aliphatic rings. The van der Waals surface area contributed by atoms with Gasteiger partial charge in [-0.3, -0.25) is 9.67 Å². The third-order valence-corrected chi connectivity index (χ3v) is 8.15. The molecule has 0 saturated heterocycles. The molecule has 214 valence electrons. The zero-order valence-electron chi connectivity index (χ0n) is 22.9. The fourth-order valence-electron chi connectivity index (χ4n) is 4.75. The highest BCUT2D eigenvalue weighted by Gasteiger charge is 2.15. The molecule has 5 aromatic rings. The van der Waals surface area contributed by atoms with Crippen LogP contribution in [-0.4, -0.2) is 21.3 Å². The summed E-state index contributed by atoms with van der Waals surface area (Å²) in [6.07, 6.45) is 7.05. The Kier molecular flexibility index (Phi) is 9.72. The molecule has 0 bridgehead atoms. The number of aromatic nitrogens is 3. The molecule has 0 unspecified atom stereocenters. The zero-order valence-corrected chi connectivity index (χ0v) is 25.2. The lowest BCUT2D eigenvalue weighted by atomic mass is 10.00. The van der Waals surface area contributed by atoms with E-state index >= 15 is 0 Å². The minimum Gasteiger partial charge on any atom is -0.488 e. The molecule has 0 amide bonds. The summed E-state index contributed by atoms with van der Waals surface area (Å²) in [5.74, 6) is 1.04. The normalized spacial score (nSPS) is 11.0. The number of unbranched alkanes of at least 4 members (excludes halogenated alkanes) is 1. The highest BCUT2D eigenvalue weighted by molar-refractivity contribution is 9.10. The number of benzene rings is 3. The molecule has 0 atom stereocenters. The van der Waals surface area contributed by atoms with Crippen LogP contribution in [0.4, 0.5) is 0 Å². The third kappa shape index (κ3) is 6.58. The molecule has 10 heteroatoms. The predicted octanol–water partition coefficient (Wildman–Crippen LogP) is 6.74. The summed E-state index contributed by atoms with van der Waals surface area (Å²) in [6, 6.07) is 19.7. The van der Waals surface area contributed by atoms with Gasteiger partial charge in [-0.2, -0.15) is 10.4 Å². The van der Waals surface area contributed by atoms with Gasteiger partial charge >= 0.3 is 0 Å². The van der Waals surface area contributed by atoms with Crippen molar-refractivity contribution in [2.75, 3.05) is 6.54 Å². The van der Waals surface area contributed by atoms with Gasteiger partial charge in [-0.25, -0.2) is 0 Å². The van der Waals surface area contributed by atoms with Gasteiger partial charge in [-0.1, -0.05) is 41.9 Å². The summed E-state index contributed by atoms with van der Waals surface area (Å²) < 4.78 is 15.2. The average molecular weight is 646 g/mol. The maximum Gasteiger partial charge on any atom is 0.142 e. The molecule has 42 heavy (non-hydrogen) atoms. The number of rotatable bonds is 12. The largest absolute Gasteiger partial charge is 0.488 e. The van der Waals surface area contributed by atoms with E-state index in [0.717, 1.165) is 62.6 Å². The Morgan fingerprint density at radius 2 is 1.71 bits per heavy atom. The van der Waals surface area contributed by atoms with Crippen molar-refractivity contribution in [1.82, 2.24) is 14.8 Å². The maximum absolute atomic E-state index is 9.15. The van der Waals surface area contributed by atoms with Gasteiger partial charge in [0.25, 0.3) is 0 Å². The molecule has 2 aromatic heterocycles. The SMILES string of the molecule is N#Cc1cncc(COc2cc(OCc3cccc(-c4cccc5c4cnn5CCCCN)c3Br)c(Cl)cc2CN)c1. The number of hydrogen-bond donors (Lipinski definition) is 2. The summed E-state index contributed by atoms with van der Waals surface area (Å²) in [5, 5.41) is 15.3. The average Bonchev–Trinajstić information content (AvgIpc) is 3.43. The smallest absolute Gasteiger partial charge is 0.142 e. The van der Waals surface area contributed by atoms with Gasteiger partial charge in [-0.15, -0.1) is 0 Å². The van der Waals surface area contributed by atoms with Crippen LogP contribution in [0.5, 0.6) is 11.5 Å². The lowest BCUT2D eigenvalue weighted by Crippen LogP contribution is -2.05. The number of hydrogen-bond acceptors (Lipinski definition) is 7. The summed E-state index contributed by atoms with van der Waals surface area (Å²) >= 11 is 10.4. The Hall–Kier alpha value is -3.94. The molecule has 2 heterocycles. The van der Waals surface area contributed by atoms with E-state index in [1.165, 1.54) is 6.20 Å². The second-order valence-electron chi connectivity index (χ2n) is 9.75. The summed E-state index contributed by atoms with van der Waals surface area (Å²) in [4.78, 5) is 4.09. The molecule has 0 aliphatic heterocycles.